The molecule has 2 amide bonds. The molecule has 3 N–H and O–H groups in total. The van der Waals surface area contributed by atoms with Gasteiger partial charge in [0.1, 0.15) is 6.04 Å². The number of benzene rings is 3. The number of carbonyl (C=O) groups is 2. The van der Waals surface area contributed by atoms with E-state index in [0.717, 1.165) is 16.7 Å². The number of nitrogens with one attached hydrogen (secondary N) is 2. The molecule has 0 radical (unpaired) electrons. The quantitative estimate of drug-likeness (QED) is 0.448. The summed E-state index contributed by atoms with van der Waals surface area (Å²) in [6.07, 6.45) is -0.494. The van der Waals surface area contributed by atoms with E-state index < -0.39 is 23.9 Å². The number of amides is 2. The van der Waals surface area contributed by atoms with Crippen molar-refractivity contribution >= 4 is 11.8 Å². The zero-order valence-corrected chi connectivity index (χ0v) is 20.2. The van der Waals surface area contributed by atoms with Crippen molar-refractivity contribution in [2.45, 2.75) is 57.1 Å². The van der Waals surface area contributed by atoms with Crippen LogP contribution in [0.2, 0.25) is 0 Å². The second-order valence-electron chi connectivity index (χ2n) is 9.61. The number of carbonyl (C=O) groups excluding carboxylic acids is 2. The van der Waals surface area contributed by atoms with E-state index in [1.54, 1.807) is 4.90 Å². The van der Waals surface area contributed by atoms with Crippen LogP contribution in [0.1, 0.15) is 30.5 Å². The molecular formula is C29H33N3O3. The molecule has 1 fully saturated rings. The van der Waals surface area contributed by atoms with Crippen LogP contribution < -0.4 is 10.6 Å². The van der Waals surface area contributed by atoms with Crippen LogP contribution in [0, 0.1) is 0 Å². The molecule has 0 aromatic heterocycles. The lowest BCUT2D eigenvalue weighted by Crippen LogP contribution is -2.56. The maximum Gasteiger partial charge on any atom is 0.244 e. The van der Waals surface area contributed by atoms with Crippen molar-refractivity contribution in [2.75, 3.05) is 0 Å². The fourth-order valence-corrected chi connectivity index (χ4v) is 4.63. The van der Waals surface area contributed by atoms with E-state index in [0.29, 0.717) is 13.0 Å². The SMILES string of the molecule is CC1(C)NC(C(O)[C@H](Cc2ccccc2)NC(=O)Cc2ccccc2)C(=O)N1Cc1ccccc1. The van der Waals surface area contributed by atoms with E-state index in [9.17, 15) is 14.7 Å². The van der Waals surface area contributed by atoms with Gasteiger partial charge < -0.3 is 15.3 Å². The summed E-state index contributed by atoms with van der Waals surface area (Å²) in [5.74, 6) is -0.372. The standard InChI is InChI=1S/C29H33N3O3/c1-29(2)31-26(28(35)32(29)20-23-16-10-5-11-17-23)27(34)24(18-21-12-6-3-7-13-21)30-25(33)19-22-14-8-4-9-15-22/h3-17,24,26-27,31,34H,18-20H2,1-2H3,(H,30,33)/t24-,26?,27?/m0/s1. The second-order valence-corrected chi connectivity index (χ2v) is 9.61. The normalized spacial score (nSPS) is 18.8. The maximum atomic E-state index is 13.5. The summed E-state index contributed by atoms with van der Waals surface area (Å²) in [5, 5.41) is 17.8. The molecule has 1 aliphatic rings. The Morgan fingerprint density at radius 1 is 0.914 bits per heavy atom. The number of aliphatic hydroxyl groups is 1. The average molecular weight is 472 g/mol. The largest absolute Gasteiger partial charge is 0.389 e. The molecular weight excluding hydrogens is 438 g/mol. The third kappa shape index (κ3) is 6.15. The number of hydrogen-bond acceptors (Lipinski definition) is 4. The molecule has 6 heteroatoms. The fraction of sp³-hybridized carbons (Fsp3) is 0.310. The molecule has 0 saturated carbocycles. The highest BCUT2D eigenvalue weighted by Gasteiger charge is 2.48. The predicted octanol–water partition coefficient (Wildman–Crippen LogP) is 3.05. The number of aliphatic hydroxyl groups excluding tert-OH is 1. The lowest BCUT2D eigenvalue weighted by molar-refractivity contribution is -0.135. The molecule has 2 unspecified atom stereocenters. The summed E-state index contributed by atoms with van der Waals surface area (Å²) in [4.78, 5) is 28.2. The monoisotopic (exact) mass is 471 g/mol. The van der Waals surface area contributed by atoms with E-state index in [1.807, 2.05) is 105 Å². The van der Waals surface area contributed by atoms with E-state index in [4.69, 9.17) is 0 Å². The second kappa shape index (κ2) is 10.8. The summed E-state index contributed by atoms with van der Waals surface area (Å²) in [7, 11) is 0. The van der Waals surface area contributed by atoms with Gasteiger partial charge in [-0.2, -0.15) is 0 Å². The van der Waals surface area contributed by atoms with Crippen LogP contribution in [0.4, 0.5) is 0 Å². The molecule has 0 spiro atoms. The number of nitrogens with zero attached hydrogens (tertiary/aromatic N) is 1. The van der Waals surface area contributed by atoms with Crippen molar-refractivity contribution in [3.63, 3.8) is 0 Å². The molecule has 182 valence electrons. The van der Waals surface area contributed by atoms with Crippen molar-refractivity contribution in [1.82, 2.24) is 15.5 Å². The van der Waals surface area contributed by atoms with Crippen LogP contribution in [-0.4, -0.2) is 45.7 Å². The Hall–Kier alpha value is -3.48. The van der Waals surface area contributed by atoms with Crippen LogP contribution in [0.3, 0.4) is 0 Å². The molecule has 3 aromatic carbocycles. The molecule has 1 saturated heterocycles. The molecule has 1 aliphatic heterocycles. The minimum absolute atomic E-state index is 0.179. The first kappa shape index (κ1) is 24.6. The van der Waals surface area contributed by atoms with E-state index in [1.165, 1.54) is 0 Å². The van der Waals surface area contributed by atoms with E-state index >= 15 is 0 Å². The first-order valence-corrected chi connectivity index (χ1v) is 12.0. The first-order chi connectivity index (χ1) is 16.8. The molecule has 0 aliphatic carbocycles. The molecule has 0 bridgehead atoms. The molecule has 4 rings (SSSR count). The maximum absolute atomic E-state index is 13.5. The zero-order valence-electron chi connectivity index (χ0n) is 20.2. The van der Waals surface area contributed by atoms with Crippen LogP contribution in [0.5, 0.6) is 0 Å². The summed E-state index contributed by atoms with van der Waals surface area (Å²) in [5.41, 5.74) is 2.23. The molecule has 6 nitrogen and oxygen atoms in total. The summed E-state index contributed by atoms with van der Waals surface area (Å²) < 4.78 is 0. The lowest BCUT2D eigenvalue weighted by Gasteiger charge is -2.31. The van der Waals surface area contributed by atoms with Crippen LogP contribution in [0.15, 0.2) is 91.0 Å². The minimum Gasteiger partial charge on any atom is -0.389 e. The van der Waals surface area contributed by atoms with Gasteiger partial charge in [-0.1, -0.05) is 91.0 Å². The minimum atomic E-state index is -1.11. The van der Waals surface area contributed by atoms with Gasteiger partial charge in [-0.25, -0.2) is 0 Å². The first-order valence-electron chi connectivity index (χ1n) is 12.0. The highest BCUT2D eigenvalue weighted by atomic mass is 16.3. The van der Waals surface area contributed by atoms with Gasteiger partial charge in [0, 0.05) is 6.54 Å². The van der Waals surface area contributed by atoms with Gasteiger partial charge in [0.05, 0.1) is 24.2 Å². The third-order valence-electron chi connectivity index (χ3n) is 6.51. The number of rotatable bonds is 9. The molecule has 3 atom stereocenters. The topological polar surface area (TPSA) is 81.7 Å². The van der Waals surface area contributed by atoms with Crippen molar-refractivity contribution in [2.24, 2.45) is 0 Å². The van der Waals surface area contributed by atoms with Crippen molar-refractivity contribution < 1.29 is 14.7 Å². The summed E-state index contributed by atoms with van der Waals surface area (Å²) >= 11 is 0. The molecule has 3 aromatic rings. The van der Waals surface area contributed by atoms with Gasteiger partial charge in [-0.15, -0.1) is 0 Å². The van der Waals surface area contributed by atoms with Gasteiger partial charge in [-0.05, 0) is 37.0 Å². The van der Waals surface area contributed by atoms with Gasteiger partial charge in [0.2, 0.25) is 11.8 Å². The van der Waals surface area contributed by atoms with Crippen LogP contribution >= 0.6 is 0 Å². The lowest BCUT2D eigenvalue weighted by atomic mass is 9.95. The highest BCUT2D eigenvalue weighted by molar-refractivity contribution is 5.86. The Balaban J connectivity index is 1.52. The Morgan fingerprint density at radius 2 is 1.43 bits per heavy atom. The predicted molar refractivity (Wildman–Crippen MR) is 136 cm³/mol. The zero-order chi connectivity index (χ0) is 24.8. The average Bonchev–Trinajstić information content (AvgIpc) is 3.08. The fourth-order valence-electron chi connectivity index (χ4n) is 4.63. The summed E-state index contributed by atoms with van der Waals surface area (Å²) in [6, 6.07) is 27.5. The third-order valence-corrected chi connectivity index (χ3v) is 6.51. The Morgan fingerprint density at radius 3 is 2.00 bits per heavy atom. The van der Waals surface area contributed by atoms with Crippen LogP contribution in [-0.2, 0) is 29.0 Å². The smallest absolute Gasteiger partial charge is 0.244 e. The van der Waals surface area contributed by atoms with Crippen molar-refractivity contribution in [3.8, 4) is 0 Å². The van der Waals surface area contributed by atoms with Crippen LogP contribution in [0.25, 0.3) is 0 Å². The Labute approximate surface area is 207 Å². The van der Waals surface area contributed by atoms with Gasteiger partial charge in [-0.3, -0.25) is 14.9 Å². The Kier molecular flexibility index (Phi) is 7.63. The van der Waals surface area contributed by atoms with E-state index in [2.05, 4.69) is 10.6 Å². The van der Waals surface area contributed by atoms with Gasteiger partial charge >= 0.3 is 0 Å². The van der Waals surface area contributed by atoms with Crippen molar-refractivity contribution in [3.05, 3.63) is 108 Å². The Bertz CT molecular complexity index is 1120. The van der Waals surface area contributed by atoms with Crippen molar-refractivity contribution in [1.29, 1.82) is 0 Å². The summed E-state index contributed by atoms with van der Waals surface area (Å²) in [6.45, 7) is 4.30. The molecule has 35 heavy (non-hydrogen) atoms. The highest BCUT2D eigenvalue weighted by Crippen LogP contribution is 2.26. The van der Waals surface area contributed by atoms with E-state index in [-0.39, 0.29) is 18.2 Å². The van der Waals surface area contributed by atoms with Gasteiger partial charge in [0.25, 0.3) is 0 Å². The molecule has 1 heterocycles. The van der Waals surface area contributed by atoms with Gasteiger partial charge in [0.15, 0.2) is 0 Å². The number of hydrogen-bond donors (Lipinski definition) is 3.